The first-order chi connectivity index (χ1) is 6.96. The van der Waals surface area contributed by atoms with Crippen LogP contribution in [0, 0.1) is 0 Å². The smallest absolute Gasteiger partial charge is 0.169 e. The first-order valence-corrected chi connectivity index (χ1v) is 5.44. The Kier molecular flexibility index (Phi) is 9.48. The molecular formula is C6H6Cl4F6. The van der Waals surface area contributed by atoms with E-state index in [4.69, 9.17) is 23.2 Å². The van der Waals surface area contributed by atoms with Gasteiger partial charge in [-0.2, -0.15) is 26.3 Å². The van der Waals surface area contributed by atoms with Crippen molar-refractivity contribution in [1.82, 2.24) is 0 Å². The van der Waals surface area contributed by atoms with Crippen LogP contribution in [0.15, 0.2) is 0 Å². The van der Waals surface area contributed by atoms with Gasteiger partial charge in [0.1, 0.15) is 10.8 Å². The molecule has 0 aliphatic carbocycles. The second-order valence-electron chi connectivity index (χ2n) is 2.33. The Hall–Kier alpha value is 0.740. The Morgan fingerprint density at radius 1 is 0.688 bits per heavy atom. The standard InChI is InChI=1S/2C3H3Cl2F3/c2*4-1-2(5)3(6,7)8/h2*2H,1H2. The Balaban J connectivity index is 0. The van der Waals surface area contributed by atoms with E-state index in [2.05, 4.69) is 23.2 Å². The summed E-state index contributed by atoms with van der Waals surface area (Å²) in [5.41, 5.74) is 0. The average Bonchev–Trinajstić information content (AvgIpc) is 2.13. The Bertz CT molecular complexity index is 159. The molecule has 0 N–H and O–H groups in total. The van der Waals surface area contributed by atoms with Crippen LogP contribution in [-0.4, -0.2) is 34.9 Å². The lowest BCUT2D eigenvalue weighted by Crippen LogP contribution is -2.24. The van der Waals surface area contributed by atoms with Crippen LogP contribution in [-0.2, 0) is 0 Å². The van der Waals surface area contributed by atoms with Crippen LogP contribution >= 0.6 is 46.4 Å². The van der Waals surface area contributed by atoms with Crippen molar-refractivity contribution in [2.75, 3.05) is 11.8 Å². The highest BCUT2D eigenvalue weighted by molar-refractivity contribution is 6.28. The van der Waals surface area contributed by atoms with Gasteiger partial charge in [-0.15, -0.1) is 46.4 Å². The molecule has 0 aliphatic rings. The van der Waals surface area contributed by atoms with E-state index >= 15 is 0 Å². The van der Waals surface area contributed by atoms with Crippen molar-refractivity contribution in [1.29, 1.82) is 0 Å². The molecule has 0 heterocycles. The minimum absolute atomic E-state index is 0.592. The lowest BCUT2D eigenvalue weighted by molar-refractivity contribution is -0.127. The van der Waals surface area contributed by atoms with Gasteiger partial charge in [-0.25, -0.2) is 0 Å². The summed E-state index contributed by atoms with van der Waals surface area (Å²) < 4.78 is 67.4. The minimum atomic E-state index is -4.36. The fourth-order valence-electron chi connectivity index (χ4n) is 0.175. The Morgan fingerprint density at radius 2 is 0.875 bits per heavy atom. The van der Waals surface area contributed by atoms with Crippen LogP contribution in [0.3, 0.4) is 0 Å². The van der Waals surface area contributed by atoms with Crippen LogP contribution < -0.4 is 0 Å². The largest absolute Gasteiger partial charge is 0.406 e. The number of alkyl halides is 10. The maximum absolute atomic E-state index is 11.2. The highest BCUT2D eigenvalue weighted by atomic mass is 35.5. The van der Waals surface area contributed by atoms with Crippen molar-refractivity contribution in [2.24, 2.45) is 0 Å². The lowest BCUT2D eigenvalue weighted by atomic mass is 10.5. The molecule has 0 radical (unpaired) electrons. The predicted octanol–water partition coefficient (Wildman–Crippen LogP) is 4.79. The monoisotopic (exact) mass is 332 g/mol. The zero-order valence-electron chi connectivity index (χ0n) is 7.35. The van der Waals surface area contributed by atoms with Gasteiger partial charge in [0.2, 0.25) is 0 Å². The maximum atomic E-state index is 11.2. The van der Waals surface area contributed by atoms with E-state index < -0.39 is 34.9 Å². The zero-order valence-corrected chi connectivity index (χ0v) is 10.4. The molecule has 10 heteroatoms. The van der Waals surface area contributed by atoms with E-state index in [1.807, 2.05) is 0 Å². The maximum Gasteiger partial charge on any atom is 0.406 e. The molecule has 100 valence electrons. The second-order valence-corrected chi connectivity index (χ2v) is 4.00. The van der Waals surface area contributed by atoms with Crippen molar-refractivity contribution in [2.45, 2.75) is 23.1 Å². The van der Waals surface area contributed by atoms with Gasteiger partial charge in [0.05, 0.1) is 0 Å². The number of halogens is 10. The molecule has 0 fully saturated rings. The normalized spacial score (nSPS) is 16.1. The molecule has 0 aliphatic heterocycles. The minimum Gasteiger partial charge on any atom is -0.169 e. The van der Waals surface area contributed by atoms with Crippen LogP contribution in [0.2, 0.25) is 0 Å². The van der Waals surface area contributed by atoms with Gasteiger partial charge in [-0.1, -0.05) is 0 Å². The van der Waals surface area contributed by atoms with Crippen LogP contribution in [0.1, 0.15) is 0 Å². The van der Waals surface area contributed by atoms with Crippen molar-refractivity contribution in [3.8, 4) is 0 Å². The van der Waals surface area contributed by atoms with Crippen LogP contribution in [0.25, 0.3) is 0 Å². The van der Waals surface area contributed by atoms with Gasteiger partial charge in [-0.05, 0) is 0 Å². The molecule has 0 bridgehead atoms. The highest BCUT2D eigenvalue weighted by Crippen LogP contribution is 2.25. The molecule has 2 unspecified atom stereocenters. The fraction of sp³-hybridized carbons (Fsp3) is 1.00. The summed E-state index contributed by atoms with van der Waals surface area (Å²) in [7, 11) is 0. The summed E-state index contributed by atoms with van der Waals surface area (Å²) in [4.78, 5) is 0. The van der Waals surface area contributed by atoms with Gasteiger partial charge in [0, 0.05) is 11.8 Å². The van der Waals surface area contributed by atoms with E-state index in [9.17, 15) is 26.3 Å². The predicted molar refractivity (Wildman–Crippen MR) is 52.8 cm³/mol. The van der Waals surface area contributed by atoms with Crippen molar-refractivity contribution in [3.05, 3.63) is 0 Å². The number of hydrogen-bond donors (Lipinski definition) is 0. The van der Waals surface area contributed by atoms with Crippen LogP contribution in [0.4, 0.5) is 26.3 Å². The molecule has 0 spiro atoms. The van der Waals surface area contributed by atoms with Crippen molar-refractivity contribution >= 4 is 46.4 Å². The van der Waals surface area contributed by atoms with Crippen molar-refractivity contribution in [3.63, 3.8) is 0 Å². The molecule has 0 saturated carbocycles. The van der Waals surface area contributed by atoms with E-state index in [-0.39, 0.29) is 0 Å². The first-order valence-electron chi connectivity index (χ1n) is 3.50. The molecular weight excluding hydrogens is 328 g/mol. The average molecular weight is 334 g/mol. The van der Waals surface area contributed by atoms with E-state index in [0.29, 0.717) is 0 Å². The third kappa shape index (κ3) is 9.93. The molecule has 2 atom stereocenters. The summed E-state index contributed by atoms with van der Waals surface area (Å²) >= 11 is 18.9. The quantitative estimate of drug-likeness (QED) is 0.503. The van der Waals surface area contributed by atoms with Crippen molar-refractivity contribution < 1.29 is 26.3 Å². The van der Waals surface area contributed by atoms with E-state index in [1.54, 1.807) is 0 Å². The summed E-state index contributed by atoms with van der Waals surface area (Å²) in [6.45, 7) is 0. The first kappa shape index (κ1) is 19.1. The second kappa shape index (κ2) is 7.95. The number of rotatable bonds is 2. The third-order valence-electron chi connectivity index (χ3n) is 0.981. The Labute approximate surface area is 108 Å². The van der Waals surface area contributed by atoms with Gasteiger partial charge in [-0.3, -0.25) is 0 Å². The number of hydrogen-bond acceptors (Lipinski definition) is 0. The third-order valence-corrected chi connectivity index (χ3v) is 2.72. The summed E-state index contributed by atoms with van der Waals surface area (Å²) in [5, 5.41) is -3.83. The summed E-state index contributed by atoms with van der Waals surface area (Å²) in [6, 6.07) is 0. The zero-order chi connectivity index (χ0) is 13.6. The molecule has 0 aromatic heterocycles. The molecule has 0 nitrogen and oxygen atoms in total. The fourth-order valence-corrected chi connectivity index (χ4v) is 0.525. The van der Waals surface area contributed by atoms with Gasteiger partial charge < -0.3 is 0 Å². The van der Waals surface area contributed by atoms with Gasteiger partial charge in [0.15, 0.2) is 0 Å². The van der Waals surface area contributed by atoms with Gasteiger partial charge in [0.25, 0.3) is 0 Å². The molecule has 0 amide bonds. The molecule has 0 aromatic rings. The topological polar surface area (TPSA) is 0 Å². The summed E-state index contributed by atoms with van der Waals surface area (Å²) in [6.07, 6.45) is -8.72. The SMILES string of the molecule is FC(F)(F)C(Cl)CCl.FC(F)(F)C(Cl)CCl. The Morgan fingerprint density at radius 3 is 0.875 bits per heavy atom. The molecule has 0 saturated heterocycles. The lowest BCUT2D eigenvalue weighted by Gasteiger charge is -2.08. The van der Waals surface area contributed by atoms with E-state index in [0.717, 1.165) is 0 Å². The highest BCUT2D eigenvalue weighted by Gasteiger charge is 2.37. The van der Waals surface area contributed by atoms with Crippen LogP contribution in [0.5, 0.6) is 0 Å². The molecule has 0 aromatic carbocycles. The summed E-state index contributed by atoms with van der Waals surface area (Å²) in [5.74, 6) is -1.18. The molecule has 0 rings (SSSR count). The van der Waals surface area contributed by atoms with Gasteiger partial charge >= 0.3 is 12.4 Å². The van der Waals surface area contributed by atoms with E-state index in [1.165, 1.54) is 0 Å². The molecule has 16 heavy (non-hydrogen) atoms.